The summed E-state index contributed by atoms with van der Waals surface area (Å²) in [6, 6.07) is 1.09. The lowest BCUT2D eigenvalue weighted by atomic mass is 10.2. The van der Waals surface area contributed by atoms with Gasteiger partial charge in [0.05, 0.1) is 20.5 Å². The zero-order valence-electron chi connectivity index (χ0n) is 6.61. The number of benzene rings is 1. The molecule has 0 aliphatic rings. The third kappa shape index (κ3) is 1.98. The molecule has 0 fully saturated rings. The average Bonchev–Trinajstić information content (AvgIpc) is 2.04. The molecule has 0 saturated heterocycles. The van der Waals surface area contributed by atoms with Crippen molar-refractivity contribution in [1.29, 1.82) is 0 Å². The van der Waals surface area contributed by atoms with E-state index in [0.717, 1.165) is 17.8 Å². The quantitative estimate of drug-likeness (QED) is 0.578. The van der Waals surface area contributed by atoms with Gasteiger partial charge in [-0.05, 0) is 12.3 Å². The Bertz CT molecular complexity index is 354. The van der Waals surface area contributed by atoms with E-state index in [1.807, 2.05) is 0 Å². The fourth-order valence-corrected chi connectivity index (χ4v) is 2.18. The van der Waals surface area contributed by atoms with E-state index in [-0.39, 0.29) is 20.5 Å². The Kier molecular flexibility index (Phi) is 3.59. The Morgan fingerprint density at radius 1 is 1.54 bits per heavy atom. The van der Waals surface area contributed by atoms with Crippen molar-refractivity contribution in [2.24, 2.45) is 0 Å². The van der Waals surface area contributed by atoms with E-state index in [2.05, 4.69) is 0 Å². The molecular weight excluding hydrogens is 234 g/mol. The third-order valence-corrected chi connectivity index (χ3v) is 3.11. The fraction of sp³-hybridized carbons (Fsp3) is 0.125. The first-order chi connectivity index (χ1) is 6.11. The summed E-state index contributed by atoms with van der Waals surface area (Å²) in [7, 11) is 0. The van der Waals surface area contributed by atoms with Crippen molar-refractivity contribution >= 4 is 41.2 Å². The highest BCUT2D eigenvalue weighted by Gasteiger charge is 2.14. The summed E-state index contributed by atoms with van der Waals surface area (Å²) in [6.07, 6.45) is 2.19. The molecule has 0 aliphatic heterocycles. The molecule has 70 valence electrons. The van der Waals surface area contributed by atoms with Gasteiger partial charge in [-0.1, -0.05) is 23.2 Å². The second kappa shape index (κ2) is 4.31. The van der Waals surface area contributed by atoms with Crippen LogP contribution in [0.5, 0.6) is 0 Å². The van der Waals surface area contributed by atoms with Gasteiger partial charge in [0.15, 0.2) is 6.29 Å². The molecule has 0 bridgehead atoms. The van der Waals surface area contributed by atoms with Crippen LogP contribution >= 0.6 is 35.0 Å². The molecule has 0 unspecified atom stereocenters. The van der Waals surface area contributed by atoms with Crippen LogP contribution in [0.15, 0.2) is 11.0 Å². The van der Waals surface area contributed by atoms with E-state index in [0.29, 0.717) is 6.29 Å². The number of carbonyl (C=O) groups excluding carboxylic acids is 1. The first-order valence-corrected chi connectivity index (χ1v) is 5.26. The number of hydrogen-bond acceptors (Lipinski definition) is 2. The molecule has 0 heterocycles. The molecule has 0 atom stereocenters. The van der Waals surface area contributed by atoms with E-state index in [1.54, 1.807) is 6.26 Å². The van der Waals surface area contributed by atoms with Crippen LogP contribution in [-0.4, -0.2) is 12.5 Å². The van der Waals surface area contributed by atoms with Crippen molar-refractivity contribution in [2.45, 2.75) is 4.90 Å². The van der Waals surface area contributed by atoms with Crippen molar-refractivity contribution < 1.29 is 9.18 Å². The highest BCUT2D eigenvalue weighted by molar-refractivity contribution is 7.98. The molecule has 1 aromatic carbocycles. The molecule has 13 heavy (non-hydrogen) atoms. The zero-order valence-corrected chi connectivity index (χ0v) is 8.93. The number of hydrogen-bond donors (Lipinski definition) is 0. The maximum atomic E-state index is 13.1. The summed E-state index contributed by atoms with van der Waals surface area (Å²) in [5.74, 6) is -0.506. The van der Waals surface area contributed by atoms with Crippen LogP contribution in [0.3, 0.4) is 0 Å². The van der Waals surface area contributed by atoms with Crippen LogP contribution in [0.4, 0.5) is 4.39 Å². The normalized spacial score (nSPS) is 10.2. The number of thioether (sulfide) groups is 1. The van der Waals surface area contributed by atoms with Crippen LogP contribution in [0, 0.1) is 5.82 Å². The Morgan fingerprint density at radius 2 is 2.15 bits per heavy atom. The van der Waals surface area contributed by atoms with Crippen molar-refractivity contribution in [3.8, 4) is 0 Å². The maximum absolute atomic E-state index is 13.1. The molecule has 0 saturated carbocycles. The molecule has 0 aliphatic carbocycles. The lowest BCUT2D eigenvalue weighted by Crippen LogP contribution is -1.90. The first-order valence-electron chi connectivity index (χ1n) is 3.28. The Morgan fingerprint density at radius 3 is 2.62 bits per heavy atom. The summed E-state index contributed by atoms with van der Waals surface area (Å²) >= 11 is 12.5. The van der Waals surface area contributed by atoms with Crippen molar-refractivity contribution in [2.75, 3.05) is 6.26 Å². The molecule has 0 spiro atoms. The Labute approximate surface area is 89.2 Å². The van der Waals surface area contributed by atoms with Gasteiger partial charge in [-0.2, -0.15) is 0 Å². The van der Waals surface area contributed by atoms with E-state index in [9.17, 15) is 9.18 Å². The van der Waals surface area contributed by atoms with Crippen LogP contribution in [0.2, 0.25) is 10.0 Å². The van der Waals surface area contributed by atoms with Crippen LogP contribution in [0.25, 0.3) is 0 Å². The van der Waals surface area contributed by atoms with Crippen LogP contribution in [-0.2, 0) is 0 Å². The second-order valence-electron chi connectivity index (χ2n) is 2.22. The first kappa shape index (κ1) is 10.8. The van der Waals surface area contributed by atoms with Crippen molar-refractivity contribution in [3.05, 3.63) is 27.5 Å². The number of aldehydes is 1. The van der Waals surface area contributed by atoms with Gasteiger partial charge in [-0.25, -0.2) is 4.39 Å². The standard InChI is InChI=1S/C8H5Cl2FOS/c1-13-8-6(11)2-5(9)4(3-12)7(8)10/h2-3H,1H3. The van der Waals surface area contributed by atoms with Gasteiger partial charge >= 0.3 is 0 Å². The summed E-state index contributed by atoms with van der Waals surface area (Å²) in [4.78, 5) is 10.8. The van der Waals surface area contributed by atoms with Gasteiger partial charge in [0, 0.05) is 0 Å². The number of carbonyl (C=O) groups is 1. The maximum Gasteiger partial charge on any atom is 0.153 e. The molecular formula is C8H5Cl2FOS. The molecule has 1 aromatic rings. The smallest absolute Gasteiger partial charge is 0.153 e. The summed E-state index contributed by atoms with van der Waals surface area (Å²) in [6.45, 7) is 0. The topological polar surface area (TPSA) is 17.1 Å². The average molecular weight is 239 g/mol. The minimum Gasteiger partial charge on any atom is -0.298 e. The van der Waals surface area contributed by atoms with Gasteiger partial charge in [0.1, 0.15) is 5.82 Å². The summed E-state index contributed by atoms with van der Waals surface area (Å²) in [5.41, 5.74) is 0.133. The molecule has 0 N–H and O–H groups in total. The molecule has 0 aromatic heterocycles. The SMILES string of the molecule is CSc1c(F)cc(Cl)c(C=O)c1Cl. The van der Waals surface area contributed by atoms with E-state index in [1.165, 1.54) is 0 Å². The molecule has 1 rings (SSSR count). The van der Waals surface area contributed by atoms with Crippen LogP contribution in [0.1, 0.15) is 10.4 Å². The predicted molar refractivity (Wildman–Crippen MR) is 53.6 cm³/mol. The highest BCUT2D eigenvalue weighted by Crippen LogP contribution is 2.34. The monoisotopic (exact) mass is 238 g/mol. The van der Waals surface area contributed by atoms with Gasteiger partial charge in [-0.15, -0.1) is 11.8 Å². The van der Waals surface area contributed by atoms with E-state index in [4.69, 9.17) is 23.2 Å². The lowest BCUT2D eigenvalue weighted by molar-refractivity contribution is 0.112. The van der Waals surface area contributed by atoms with Crippen molar-refractivity contribution in [1.82, 2.24) is 0 Å². The van der Waals surface area contributed by atoms with Gasteiger partial charge in [0.25, 0.3) is 0 Å². The van der Waals surface area contributed by atoms with Gasteiger partial charge in [0.2, 0.25) is 0 Å². The van der Waals surface area contributed by atoms with Gasteiger partial charge < -0.3 is 0 Å². The van der Waals surface area contributed by atoms with E-state index >= 15 is 0 Å². The zero-order chi connectivity index (χ0) is 10.0. The highest BCUT2D eigenvalue weighted by atomic mass is 35.5. The molecule has 1 nitrogen and oxygen atoms in total. The summed E-state index contributed by atoms with van der Waals surface area (Å²) < 4.78 is 13.1. The number of halogens is 3. The fourth-order valence-electron chi connectivity index (χ4n) is 0.882. The lowest BCUT2D eigenvalue weighted by Gasteiger charge is -2.06. The Balaban J connectivity index is 3.47. The molecule has 5 heteroatoms. The van der Waals surface area contributed by atoms with Crippen molar-refractivity contribution in [3.63, 3.8) is 0 Å². The molecule has 0 amide bonds. The molecule has 0 radical (unpaired) electrons. The van der Waals surface area contributed by atoms with E-state index < -0.39 is 5.82 Å². The minimum absolute atomic E-state index is 0.0373. The number of rotatable bonds is 2. The van der Waals surface area contributed by atoms with Gasteiger partial charge in [-0.3, -0.25) is 4.79 Å². The predicted octanol–water partition coefficient (Wildman–Crippen LogP) is 3.67. The third-order valence-electron chi connectivity index (χ3n) is 1.49. The van der Waals surface area contributed by atoms with Crippen LogP contribution < -0.4 is 0 Å². The summed E-state index contributed by atoms with van der Waals surface area (Å²) in [5, 5.41) is 0.114. The second-order valence-corrected chi connectivity index (χ2v) is 3.82. The Hall–Kier alpha value is -0.250. The minimum atomic E-state index is -0.506. The largest absolute Gasteiger partial charge is 0.298 e.